The first kappa shape index (κ1) is 20.9. The molecule has 0 fully saturated rings. The highest BCUT2D eigenvalue weighted by atomic mass is 16.6. The lowest BCUT2D eigenvalue weighted by molar-refractivity contribution is -0.386. The van der Waals surface area contributed by atoms with Crippen LogP contribution in [0, 0.1) is 24.0 Å². The lowest BCUT2D eigenvalue weighted by Crippen LogP contribution is -2.36. The Morgan fingerprint density at radius 3 is 2.46 bits per heavy atom. The summed E-state index contributed by atoms with van der Waals surface area (Å²) in [5.41, 5.74) is 1.18. The first-order valence-corrected chi connectivity index (χ1v) is 8.51. The van der Waals surface area contributed by atoms with Crippen LogP contribution in [-0.2, 0) is 27.4 Å². The van der Waals surface area contributed by atoms with Gasteiger partial charge in [0.1, 0.15) is 23.7 Å². The normalized spacial score (nSPS) is 11.6. The average Bonchev–Trinajstić information content (AvgIpc) is 2.93. The molecule has 0 unspecified atom stereocenters. The van der Waals surface area contributed by atoms with E-state index in [4.69, 9.17) is 9.47 Å². The van der Waals surface area contributed by atoms with E-state index in [-0.39, 0.29) is 30.2 Å². The number of hydrogen-bond acceptors (Lipinski definition) is 7. The fourth-order valence-corrected chi connectivity index (χ4v) is 2.59. The van der Waals surface area contributed by atoms with Gasteiger partial charge in [-0.25, -0.2) is 0 Å². The zero-order valence-corrected chi connectivity index (χ0v) is 16.1. The number of hydrogen-bond donors (Lipinski definition) is 1. The number of carbonyl (C=O) groups is 2. The first-order chi connectivity index (χ1) is 13.2. The molecule has 2 aromatic rings. The van der Waals surface area contributed by atoms with Crippen molar-refractivity contribution in [3.63, 3.8) is 0 Å². The summed E-state index contributed by atoms with van der Waals surface area (Å²) in [6.45, 7) is 4.38. The number of nitro groups is 1. The summed E-state index contributed by atoms with van der Waals surface area (Å²) in [4.78, 5) is 34.6. The third-order valence-corrected chi connectivity index (χ3v) is 4.11. The predicted molar refractivity (Wildman–Crippen MR) is 98.8 cm³/mol. The van der Waals surface area contributed by atoms with Crippen LogP contribution in [0.5, 0.6) is 5.75 Å². The van der Waals surface area contributed by atoms with Gasteiger partial charge in [0.25, 0.3) is 5.91 Å². The second kappa shape index (κ2) is 8.98. The molecule has 2 rings (SSSR count). The molecule has 1 aromatic heterocycles. The van der Waals surface area contributed by atoms with Crippen molar-refractivity contribution in [3.05, 3.63) is 51.3 Å². The largest absolute Gasteiger partial charge is 0.497 e. The molecule has 0 aliphatic heterocycles. The van der Waals surface area contributed by atoms with Crippen LogP contribution in [0.15, 0.2) is 24.3 Å². The molecule has 1 aromatic carbocycles. The van der Waals surface area contributed by atoms with Gasteiger partial charge in [-0.3, -0.25) is 24.4 Å². The molecule has 0 spiro atoms. The maximum atomic E-state index is 12.1. The van der Waals surface area contributed by atoms with E-state index in [0.29, 0.717) is 5.75 Å². The first-order valence-electron chi connectivity index (χ1n) is 8.51. The number of aromatic nitrogens is 2. The van der Waals surface area contributed by atoms with Crippen molar-refractivity contribution in [2.75, 3.05) is 7.11 Å². The topological polar surface area (TPSA) is 126 Å². The summed E-state index contributed by atoms with van der Waals surface area (Å²) in [7, 11) is 1.57. The molecule has 150 valence electrons. The number of nitrogens with zero attached hydrogens (tertiary/aromatic N) is 3. The van der Waals surface area contributed by atoms with Gasteiger partial charge in [0.05, 0.1) is 12.0 Å². The summed E-state index contributed by atoms with van der Waals surface area (Å²) in [5, 5.41) is 17.7. The van der Waals surface area contributed by atoms with E-state index in [0.717, 1.165) is 5.56 Å². The van der Waals surface area contributed by atoms with E-state index in [1.807, 2.05) is 12.1 Å². The van der Waals surface area contributed by atoms with Crippen LogP contribution in [0.1, 0.15) is 23.9 Å². The van der Waals surface area contributed by atoms with Crippen LogP contribution in [0.4, 0.5) is 5.69 Å². The molecule has 28 heavy (non-hydrogen) atoms. The fraction of sp³-hybridized carbons (Fsp3) is 0.389. The number of benzene rings is 1. The molecule has 0 saturated carbocycles. The highest BCUT2D eigenvalue weighted by Gasteiger charge is 2.24. The number of esters is 1. The highest BCUT2D eigenvalue weighted by Crippen LogP contribution is 2.21. The monoisotopic (exact) mass is 390 g/mol. The third-order valence-electron chi connectivity index (χ3n) is 4.11. The molecule has 10 nitrogen and oxygen atoms in total. The summed E-state index contributed by atoms with van der Waals surface area (Å²) in [5.74, 6) is -0.460. The Balaban J connectivity index is 1.88. The van der Waals surface area contributed by atoms with Crippen LogP contribution < -0.4 is 10.1 Å². The standard InChI is InChI=1S/C18H22N4O6/c1-11-17(22(25)26)12(2)21(20-11)10-16(23)28-13(3)18(24)19-9-14-5-7-15(27-4)8-6-14/h5-8,13H,9-10H2,1-4H3,(H,19,24)/t13-/m1/s1. The van der Waals surface area contributed by atoms with Crippen molar-refractivity contribution in [1.82, 2.24) is 15.1 Å². The smallest absolute Gasteiger partial charge is 0.328 e. The summed E-state index contributed by atoms with van der Waals surface area (Å²) >= 11 is 0. The quantitative estimate of drug-likeness (QED) is 0.413. The van der Waals surface area contributed by atoms with Crippen molar-refractivity contribution < 1.29 is 24.0 Å². The second-order valence-corrected chi connectivity index (χ2v) is 6.13. The van der Waals surface area contributed by atoms with E-state index >= 15 is 0 Å². The molecule has 1 N–H and O–H groups in total. The van der Waals surface area contributed by atoms with Gasteiger partial charge in [0.15, 0.2) is 6.10 Å². The molecule has 0 aliphatic carbocycles. The Labute approximate surface area is 161 Å². The van der Waals surface area contributed by atoms with E-state index in [1.165, 1.54) is 25.5 Å². The number of methoxy groups -OCH3 is 1. The highest BCUT2D eigenvalue weighted by molar-refractivity contribution is 5.83. The predicted octanol–water partition coefficient (Wildman–Crippen LogP) is 1.66. The number of rotatable bonds is 8. The summed E-state index contributed by atoms with van der Waals surface area (Å²) in [6, 6.07) is 7.17. The second-order valence-electron chi connectivity index (χ2n) is 6.13. The average molecular weight is 390 g/mol. The van der Waals surface area contributed by atoms with Crippen molar-refractivity contribution in [2.45, 2.75) is 40.0 Å². The van der Waals surface area contributed by atoms with Gasteiger partial charge in [0.2, 0.25) is 0 Å². The maximum Gasteiger partial charge on any atom is 0.328 e. The molecule has 0 saturated heterocycles. The minimum absolute atomic E-state index is 0.141. The summed E-state index contributed by atoms with van der Waals surface area (Å²) in [6.07, 6.45) is -1.02. The molecule has 1 atom stereocenters. The van der Waals surface area contributed by atoms with Crippen LogP contribution >= 0.6 is 0 Å². The number of nitrogens with one attached hydrogen (secondary N) is 1. The number of amides is 1. The van der Waals surface area contributed by atoms with Gasteiger partial charge in [-0.1, -0.05) is 12.1 Å². The molecular weight excluding hydrogens is 368 g/mol. The minimum Gasteiger partial charge on any atom is -0.497 e. The van der Waals surface area contributed by atoms with Gasteiger partial charge >= 0.3 is 11.7 Å². The number of ether oxygens (including phenoxy) is 2. The van der Waals surface area contributed by atoms with Gasteiger partial charge in [-0.15, -0.1) is 0 Å². The molecule has 0 radical (unpaired) electrons. The van der Waals surface area contributed by atoms with Crippen molar-refractivity contribution in [2.24, 2.45) is 0 Å². The van der Waals surface area contributed by atoms with Gasteiger partial charge in [-0.2, -0.15) is 5.10 Å². The van der Waals surface area contributed by atoms with Gasteiger partial charge in [-0.05, 0) is 38.5 Å². The van der Waals surface area contributed by atoms with Crippen LogP contribution in [0.2, 0.25) is 0 Å². The molecule has 1 amide bonds. The van der Waals surface area contributed by atoms with Crippen LogP contribution in [0.25, 0.3) is 0 Å². The van der Waals surface area contributed by atoms with Crippen molar-refractivity contribution in [1.29, 1.82) is 0 Å². The van der Waals surface area contributed by atoms with E-state index in [1.54, 1.807) is 19.2 Å². The number of carbonyl (C=O) groups excluding carboxylic acids is 2. The Hall–Kier alpha value is -3.43. The Kier molecular flexibility index (Phi) is 6.69. The zero-order valence-electron chi connectivity index (χ0n) is 16.1. The van der Waals surface area contributed by atoms with Crippen molar-refractivity contribution in [3.8, 4) is 5.75 Å². The Bertz CT molecular complexity index is 875. The van der Waals surface area contributed by atoms with Gasteiger partial charge < -0.3 is 14.8 Å². The van der Waals surface area contributed by atoms with Crippen molar-refractivity contribution >= 4 is 17.6 Å². The Morgan fingerprint density at radius 2 is 1.93 bits per heavy atom. The lowest BCUT2D eigenvalue weighted by Gasteiger charge is -2.14. The fourth-order valence-electron chi connectivity index (χ4n) is 2.59. The molecule has 10 heteroatoms. The minimum atomic E-state index is -1.02. The van der Waals surface area contributed by atoms with Crippen LogP contribution in [0.3, 0.4) is 0 Å². The van der Waals surface area contributed by atoms with E-state index in [2.05, 4.69) is 10.4 Å². The molecule has 0 aliphatic rings. The molecular formula is C18H22N4O6. The molecule has 0 bridgehead atoms. The zero-order chi connectivity index (χ0) is 20.8. The van der Waals surface area contributed by atoms with Crippen LogP contribution in [-0.4, -0.2) is 39.8 Å². The maximum absolute atomic E-state index is 12.1. The van der Waals surface area contributed by atoms with Gasteiger partial charge in [0, 0.05) is 6.54 Å². The lowest BCUT2D eigenvalue weighted by atomic mass is 10.2. The SMILES string of the molecule is COc1ccc(CNC(=O)[C@@H](C)OC(=O)Cn2nc(C)c([N+](=O)[O-])c2C)cc1. The number of aryl methyl sites for hydroxylation is 1. The summed E-state index contributed by atoms with van der Waals surface area (Å²) < 4.78 is 11.4. The third kappa shape index (κ3) is 5.06. The molecule has 1 heterocycles. The van der Waals surface area contributed by atoms with E-state index < -0.39 is 22.9 Å². The van der Waals surface area contributed by atoms with E-state index in [9.17, 15) is 19.7 Å². The Morgan fingerprint density at radius 1 is 1.29 bits per heavy atom.